The number of fused-ring (bicyclic) bond motifs is 1. The lowest BCUT2D eigenvalue weighted by Crippen LogP contribution is -2.25. The van der Waals surface area contributed by atoms with Gasteiger partial charge in [0, 0.05) is 28.9 Å². The van der Waals surface area contributed by atoms with Crippen molar-refractivity contribution >= 4 is 11.6 Å². The zero-order valence-electron chi connectivity index (χ0n) is 14.2. The zero-order valence-corrected chi connectivity index (χ0v) is 14.9. The molecule has 0 spiro atoms. The molecule has 1 aliphatic carbocycles. The SMILES string of the molecule is Clc1cccc(CN[C@@H]2CCCc3c2cnn3Cc2ccccc2)c1. The van der Waals surface area contributed by atoms with E-state index in [-0.39, 0.29) is 0 Å². The molecule has 25 heavy (non-hydrogen) atoms. The van der Waals surface area contributed by atoms with Gasteiger partial charge in [0.05, 0.1) is 12.7 Å². The first-order valence-corrected chi connectivity index (χ1v) is 9.24. The summed E-state index contributed by atoms with van der Waals surface area (Å²) >= 11 is 6.09. The average Bonchev–Trinajstić information content (AvgIpc) is 3.04. The molecule has 1 aliphatic rings. The quantitative estimate of drug-likeness (QED) is 0.718. The van der Waals surface area contributed by atoms with Crippen LogP contribution in [0.3, 0.4) is 0 Å². The number of nitrogens with zero attached hydrogens (tertiary/aromatic N) is 2. The van der Waals surface area contributed by atoms with Crippen LogP contribution in [0.1, 0.15) is 41.3 Å². The van der Waals surface area contributed by atoms with E-state index in [4.69, 9.17) is 11.6 Å². The van der Waals surface area contributed by atoms with E-state index in [1.54, 1.807) is 0 Å². The van der Waals surface area contributed by atoms with E-state index < -0.39 is 0 Å². The highest BCUT2D eigenvalue weighted by Crippen LogP contribution is 2.30. The normalized spacial score (nSPS) is 16.6. The molecule has 1 N–H and O–H groups in total. The van der Waals surface area contributed by atoms with E-state index in [0.717, 1.165) is 31.0 Å². The Balaban J connectivity index is 1.49. The van der Waals surface area contributed by atoms with Crippen molar-refractivity contribution < 1.29 is 0 Å². The molecule has 1 aromatic heterocycles. The fourth-order valence-corrected chi connectivity index (χ4v) is 3.82. The summed E-state index contributed by atoms with van der Waals surface area (Å²) < 4.78 is 2.16. The molecular weight excluding hydrogens is 330 g/mol. The minimum Gasteiger partial charge on any atom is -0.306 e. The lowest BCUT2D eigenvalue weighted by atomic mass is 9.92. The van der Waals surface area contributed by atoms with Crippen LogP contribution >= 0.6 is 11.6 Å². The fourth-order valence-electron chi connectivity index (χ4n) is 3.61. The van der Waals surface area contributed by atoms with Crippen molar-refractivity contribution in [3.05, 3.63) is 88.2 Å². The van der Waals surface area contributed by atoms with E-state index in [0.29, 0.717) is 6.04 Å². The van der Waals surface area contributed by atoms with Crippen LogP contribution < -0.4 is 5.32 Å². The second-order valence-electron chi connectivity index (χ2n) is 6.65. The van der Waals surface area contributed by atoms with Gasteiger partial charge in [-0.3, -0.25) is 4.68 Å². The molecule has 3 aromatic rings. The van der Waals surface area contributed by atoms with Crippen molar-refractivity contribution in [2.45, 2.75) is 38.4 Å². The molecule has 0 fully saturated rings. The number of benzene rings is 2. The van der Waals surface area contributed by atoms with Crippen LogP contribution in [0.15, 0.2) is 60.8 Å². The van der Waals surface area contributed by atoms with Gasteiger partial charge in [0.1, 0.15) is 0 Å². The molecule has 0 radical (unpaired) electrons. The van der Waals surface area contributed by atoms with Crippen molar-refractivity contribution in [3.63, 3.8) is 0 Å². The molecule has 0 bridgehead atoms. The van der Waals surface area contributed by atoms with Crippen LogP contribution in [-0.4, -0.2) is 9.78 Å². The van der Waals surface area contributed by atoms with Gasteiger partial charge in [0.2, 0.25) is 0 Å². The zero-order chi connectivity index (χ0) is 17.1. The first-order chi connectivity index (χ1) is 12.3. The summed E-state index contributed by atoms with van der Waals surface area (Å²) in [5.74, 6) is 0. The molecule has 4 rings (SSSR count). The third kappa shape index (κ3) is 3.78. The fraction of sp³-hybridized carbons (Fsp3) is 0.286. The maximum absolute atomic E-state index is 6.09. The summed E-state index contributed by atoms with van der Waals surface area (Å²) in [7, 11) is 0. The summed E-state index contributed by atoms with van der Waals surface area (Å²) in [6.45, 7) is 1.67. The van der Waals surface area contributed by atoms with E-state index in [1.807, 2.05) is 24.4 Å². The van der Waals surface area contributed by atoms with Crippen molar-refractivity contribution in [3.8, 4) is 0 Å². The number of nitrogens with one attached hydrogen (secondary N) is 1. The third-order valence-corrected chi connectivity index (χ3v) is 5.11. The Morgan fingerprint density at radius 3 is 2.76 bits per heavy atom. The highest BCUT2D eigenvalue weighted by molar-refractivity contribution is 6.30. The Labute approximate surface area is 153 Å². The number of hydrogen-bond acceptors (Lipinski definition) is 2. The predicted octanol–water partition coefficient (Wildman–Crippen LogP) is 4.75. The molecule has 0 amide bonds. The summed E-state index contributed by atoms with van der Waals surface area (Å²) in [4.78, 5) is 0. The van der Waals surface area contributed by atoms with Gasteiger partial charge in [-0.15, -0.1) is 0 Å². The highest BCUT2D eigenvalue weighted by Gasteiger charge is 2.23. The van der Waals surface area contributed by atoms with E-state index in [9.17, 15) is 0 Å². The van der Waals surface area contributed by atoms with Gasteiger partial charge < -0.3 is 5.32 Å². The molecule has 1 atom stereocenters. The van der Waals surface area contributed by atoms with Crippen molar-refractivity contribution in [1.82, 2.24) is 15.1 Å². The smallest absolute Gasteiger partial charge is 0.0662 e. The lowest BCUT2D eigenvalue weighted by molar-refractivity contribution is 0.449. The summed E-state index contributed by atoms with van der Waals surface area (Å²) in [6.07, 6.45) is 5.51. The first kappa shape index (κ1) is 16.4. The maximum atomic E-state index is 6.09. The summed E-state index contributed by atoms with van der Waals surface area (Å²) in [6, 6.07) is 19.0. The van der Waals surface area contributed by atoms with Gasteiger partial charge in [-0.25, -0.2) is 0 Å². The Hall–Kier alpha value is -2.10. The molecule has 2 aromatic carbocycles. The molecule has 0 unspecified atom stereocenters. The molecular formula is C21H22ClN3. The Bertz CT molecular complexity index is 841. The molecule has 128 valence electrons. The Morgan fingerprint density at radius 2 is 1.92 bits per heavy atom. The minimum atomic E-state index is 0.368. The first-order valence-electron chi connectivity index (χ1n) is 8.86. The predicted molar refractivity (Wildman–Crippen MR) is 102 cm³/mol. The largest absolute Gasteiger partial charge is 0.306 e. The van der Waals surface area contributed by atoms with Crippen LogP contribution in [0, 0.1) is 0 Å². The van der Waals surface area contributed by atoms with E-state index >= 15 is 0 Å². The average molecular weight is 352 g/mol. The van der Waals surface area contributed by atoms with Crippen LogP contribution in [0.4, 0.5) is 0 Å². The molecule has 1 heterocycles. The Morgan fingerprint density at radius 1 is 1.08 bits per heavy atom. The van der Waals surface area contributed by atoms with Crippen molar-refractivity contribution in [1.29, 1.82) is 0 Å². The van der Waals surface area contributed by atoms with E-state index in [1.165, 1.54) is 28.8 Å². The van der Waals surface area contributed by atoms with Crippen LogP contribution in [0.2, 0.25) is 5.02 Å². The standard InChI is InChI=1S/C21H22ClN3/c22-18-9-4-8-17(12-18)13-23-20-10-5-11-21-19(20)14-24-25(21)15-16-6-2-1-3-7-16/h1-4,6-9,12,14,20,23H,5,10-11,13,15H2/t20-/m1/s1. The highest BCUT2D eigenvalue weighted by atomic mass is 35.5. The van der Waals surface area contributed by atoms with Gasteiger partial charge in [-0.05, 0) is 42.5 Å². The molecule has 0 saturated heterocycles. The topological polar surface area (TPSA) is 29.9 Å². The monoisotopic (exact) mass is 351 g/mol. The van der Waals surface area contributed by atoms with Crippen LogP contribution in [0.25, 0.3) is 0 Å². The summed E-state index contributed by atoms with van der Waals surface area (Å²) in [5.41, 5.74) is 5.24. The van der Waals surface area contributed by atoms with Crippen molar-refractivity contribution in [2.24, 2.45) is 0 Å². The van der Waals surface area contributed by atoms with Gasteiger partial charge in [0.25, 0.3) is 0 Å². The summed E-state index contributed by atoms with van der Waals surface area (Å²) in [5, 5.41) is 9.15. The second-order valence-corrected chi connectivity index (χ2v) is 7.08. The van der Waals surface area contributed by atoms with Crippen LogP contribution in [-0.2, 0) is 19.5 Å². The Kier molecular flexibility index (Phi) is 4.86. The number of hydrogen-bond donors (Lipinski definition) is 1. The molecule has 0 saturated carbocycles. The molecule has 0 aliphatic heterocycles. The van der Waals surface area contributed by atoms with Gasteiger partial charge in [0.15, 0.2) is 0 Å². The number of aromatic nitrogens is 2. The molecule has 4 heteroatoms. The number of rotatable bonds is 5. The van der Waals surface area contributed by atoms with E-state index in [2.05, 4.69) is 51.5 Å². The third-order valence-electron chi connectivity index (χ3n) is 4.88. The van der Waals surface area contributed by atoms with Gasteiger partial charge in [-0.2, -0.15) is 5.10 Å². The number of halogens is 1. The van der Waals surface area contributed by atoms with Crippen molar-refractivity contribution in [2.75, 3.05) is 0 Å². The van der Waals surface area contributed by atoms with Gasteiger partial charge >= 0.3 is 0 Å². The lowest BCUT2D eigenvalue weighted by Gasteiger charge is -2.24. The van der Waals surface area contributed by atoms with Gasteiger partial charge in [-0.1, -0.05) is 54.1 Å². The minimum absolute atomic E-state index is 0.368. The second kappa shape index (κ2) is 7.42. The maximum Gasteiger partial charge on any atom is 0.0662 e. The van der Waals surface area contributed by atoms with Crippen LogP contribution in [0.5, 0.6) is 0 Å². The molecule has 3 nitrogen and oxygen atoms in total.